The lowest BCUT2D eigenvalue weighted by Gasteiger charge is -2.54. The Morgan fingerprint density at radius 1 is 1.05 bits per heavy atom. The number of carbonyl (C=O) groups is 2. The molecule has 4 heteroatoms. The maximum absolute atomic E-state index is 12.9. The van der Waals surface area contributed by atoms with Crippen LogP contribution < -0.4 is 5.32 Å². The van der Waals surface area contributed by atoms with E-state index in [0.29, 0.717) is 18.4 Å². The molecule has 1 N–H and O–H groups in total. The first-order valence-electron chi connectivity index (χ1n) is 8.26. The molecule has 4 saturated carbocycles. The summed E-state index contributed by atoms with van der Waals surface area (Å²) >= 11 is 0. The summed E-state index contributed by atoms with van der Waals surface area (Å²) in [7, 11) is 0. The highest BCUT2D eigenvalue weighted by molar-refractivity contribution is 5.86. The highest BCUT2D eigenvalue weighted by Gasteiger charge is 2.51. The fourth-order valence-corrected chi connectivity index (χ4v) is 5.53. The summed E-state index contributed by atoms with van der Waals surface area (Å²) in [5.74, 6) is 3.56. The molecule has 0 aromatic carbocycles. The van der Waals surface area contributed by atoms with Crippen molar-refractivity contribution in [1.29, 1.82) is 0 Å². The summed E-state index contributed by atoms with van der Waals surface area (Å²) in [6.07, 6.45) is 7.38. The molecule has 1 saturated heterocycles. The lowest BCUT2D eigenvalue weighted by Crippen LogP contribution is -2.52. The fraction of sp³-hybridized carbons (Fsp3) is 0.875. The van der Waals surface area contributed by atoms with Crippen LogP contribution in [0.5, 0.6) is 0 Å². The highest BCUT2D eigenvalue weighted by atomic mass is 16.2. The molecule has 5 fully saturated rings. The highest BCUT2D eigenvalue weighted by Crippen LogP contribution is 2.56. The van der Waals surface area contributed by atoms with Gasteiger partial charge in [0.15, 0.2) is 0 Å². The second-order valence-corrected chi connectivity index (χ2v) is 7.42. The molecule has 0 aromatic rings. The van der Waals surface area contributed by atoms with Gasteiger partial charge in [0.2, 0.25) is 11.8 Å². The summed E-state index contributed by atoms with van der Waals surface area (Å²) in [6, 6.07) is 0. The predicted octanol–water partition coefficient (Wildman–Crippen LogP) is 1.41. The summed E-state index contributed by atoms with van der Waals surface area (Å²) in [6.45, 7) is 1.74. The van der Waals surface area contributed by atoms with Crippen molar-refractivity contribution in [2.45, 2.75) is 38.5 Å². The van der Waals surface area contributed by atoms with Crippen LogP contribution in [0.2, 0.25) is 0 Å². The number of hydrogen-bond donors (Lipinski definition) is 1. The van der Waals surface area contributed by atoms with Crippen molar-refractivity contribution in [1.82, 2.24) is 10.2 Å². The number of amides is 2. The Kier molecular flexibility index (Phi) is 3.00. The summed E-state index contributed by atoms with van der Waals surface area (Å²) < 4.78 is 0. The zero-order valence-electron chi connectivity index (χ0n) is 12.0. The summed E-state index contributed by atoms with van der Waals surface area (Å²) in [4.78, 5) is 26.5. The van der Waals surface area contributed by atoms with E-state index < -0.39 is 0 Å². The number of nitrogens with one attached hydrogen (secondary N) is 1. The van der Waals surface area contributed by atoms with Crippen LogP contribution in [0.3, 0.4) is 0 Å². The SMILES string of the molecule is O=C1CN(C(=O)C2C3CC4CC(C3)CC2C4)CCCN1. The average Bonchev–Trinajstić information content (AvgIpc) is 2.62. The van der Waals surface area contributed by atoms with Gasteiger partial charge in [0.1, 0.15) is 0 Å². The van der Waals surface area contributed by atoms with E-state index in [1.807, 2.05) is 4.90 Å². The van der Waals surface area contributed by atoms with Gasteiger partial charge < -0.3 is 10.2 Å². The normalized spacial score (nSPS) is 43.3. The Hall–Kier alpha value is -1.06. The molecule has 5 rings (SSSR count). The van der Waals surface area contributed by atoms with Crippen molar-refractivity contribution in [2.75, 3.05) is 19.6 Å². The lowest BCUT2D eigenvalue weighted by molar-refractivity contribution is -0.150. The van der Waals surface area contributed by atoms with Gasteiger partial charge in [-0.15, -0.1) is 0 Å². The monoisotopic (exact) mass is 276 g/mol. The molecule has 0 spiro atoms. The Morgan fingerprint density at radius 2 is 1.70 bits per heavy atom. The standard InChI is InChI=1S/C16H24N2O2/c19-14-9-18(3-1-2-17-14)16(20)15-12-5-10-4-11(7-12)8-13(15)6-10/h10-13,15H,1-9H2,(H,17,19). The number of hydrogen-bond acceptors (Lipinski definition) is 2. The van der Waals surface area contributed by atoms with Gasteiger partial charge >= 0.3 is 0 Å². The van der Waals surface area contributed by atoms with Gasteiger partial charge in [-0.1, -0.05) is 0 Å². The average molecular weight is 276 g/mol. The van der Waals surface area contributed by atoms with Crippen molar-refractivity contribution in [3.63, 3.8) is 0 Å². The minimum absolute atomic E-state index is 0.0136. The van der Waals surface area contributed by atoms with E-state index in [0.717, 1.165) is 24.8 Å². The third-order valence-electron chi connectivity index (χ3n) is 6.09. The van der Waals surface area contributed by atoms with Gasteiger partial charge in [0.25, 0.3) is 0 Å². The lowest BCUT2D eigenvalue weighted by atomic mass is 9.51. The van der Waals surface area contributed by atoms with E-state index in [2.05, 4.69) is 5.32 Å². The Labute approximate surface area is 120 Å². The fourth-order valence-electron chi connectivity index (χ4n) is 5.53. The van der Waals surface area contributed by atoms with Gasteiger partial charge in [-0.2, -0.15) is 0 Å². The molecule has 4 nitrogen and oxygen atoms in total. The predicted molar refractivity (Wildman–Crippen MR) is 74.7 cm³/mol. The molecule has 0 atom stereocenters. The number of carbonyl (C=O) groups excluding carboxylic acids is 2. The molecule has 20 heavy (non-hydrogen) atoms. The van der Waals surface area contributed by atoms with Crippen molar-refractivity contribution in [2.24, 2.45) is 29.6 Å². The first kappa shape index (κ1) is 12.7. The van der Waals surface area contributed by atoms with Gasteiger partial charge in [-0.05, 0) is 62.2 Å². The number of nitrogens with zero attached hydrogens (tertiary/aromatic N) is 1. The van der Waals surface area contributed by atoms with Crippen LogP contribution in [0.4, 0.5) is 0 Å². The van der Waals surface area contributed by atoms with E-state index in [1.54, 1.807) is 0 Å². The molecule has 2 amide bonds. The van der Waals surface area contributed by atoms with Crippen LogP contribution in [0, 0.1) is 29.6 Å². The van der Waals surface area contributed by atoms with Crippen LogP contribution in [0.25, 0.3) is 0 Å². The van der Waals surface area contributed by atoms with Gasteiger partial charge in [0, 0.05) is 19.0 Å². The molecule has 4 aliphatic carbocycles. The molecule has 0 aromatic heterocycles. The van der Waals surface area contributed by atoms with Crippen LogP contribution in [-0.4, -0.2) is 36.3 Å². The maximum atomic E-state index is 12.9. The second-order valence-electron chi connectivity index (χ2n) is 7.42. The molecule has 0 radical (unpaired) electrons. The van der Waals surface area contributed by atoms with E-state index in [9.17, 15) is 9.59 Å². The Bertz CT molecular complexity index is 406. The van der Waals surface area contributed by atoms with Crippen LogP contribution >= 0.6 is 0 Å². The summed E-state index contributed by atoms with van der Waals surface area (Å²) in [5.41, 5.74) is 0. The quantitative estimate of drug-likeness (QED) is 0.787. The molecule has 1 heterocycles. The minimum Gasteiger partial charge on any atom is -0.354 e. The summed E-state index contributed by atoms with van der Waals surface area (Å²) in [5, 5.41) is 2.86. The minimum atomic E-state index is 0.0136. The van der Waals surface area contributed by atoms with Gasteiger partial charge in [0.05, 0.1) is 6.54 Å². The van der Waals surface area contributed by atoms with Crippen LogP contribution in [0.15, 0.2) is 0 Å². The molecule has 110 valence electrons. The Morgan fingerprint density at radius 3 is 2.35 bits per heavy atom. The maximum Gasteiger partial charge on any atom is 0.239 e. The molecular weight excluding hydrogens is 252 g/mol. The number of rotatable bonds is 1. The third-order valence-corrected chi connectivity index (χ3v) is 6.09. The van der Waals surface area contributed by atoms with Crippen molar-refractivity contribution < 1.29 is 9.59 Å². The second kappa shape index (κ2) is 4.74. The van der Waals surface area contributed by atoms with Crippen molar-refractivity contribution in [3.8, 4) is 0 Å². The smallest absolute Gasteiger partial charge is 0.239 e. The van der Waals surface area contributed by atoms with Gasteiger partial charge in [-0.25, -0.2) is 0 Å². The van der Waals surface area contributed by atoms with E-state index >= 15 is 0 Å². The van der Waals surface area contributed by atoms with Gasteiger partial charge in [-0.3, -0.25) is 9.59 Å². The van der Waals surface area contributed by atoms with Crippen LogP contribution in [-0.2, 0) is 9.59 Å². The van der Waals surface area contributed by atoms with E-state index in [4.69, 9.17) is 0 Å². The van der Waals surface area contributed by atoms with E-state index in [1.165, 1.54) is 32.1 Å². The molecule has 4 bridgehead atoms. The van der Waals surface area contributed by atoms with E-state index in [-0.39, 0.29) is 24.3 Å². The largest absolute Gasteiger partial charge is 0.354 e. The molecular formula is C16H24N2O2. The van der Waals surface area contributed by atoms with Crippen LogP contribution in [0.1, 0.15) is 38.5 Å². The molecule has 0 unspecified atom stereocenters. The third kappa shape index (κ3) is 2.04. The molecule has 1 aliphatic heterocycles. The zero-order chi connectivity index (χ0) is 13.7. The van der Waals surface area contributed by atoms with Crippen molar-refractivity contribution in [3.05, 3.63) is 0 Å². The Balaban J connectivity index is 1.52. The van der Waals surface area contributed by atoms with Crippen molar-refractivity contribution >= 4 is 11.8 Å². The molecule has 5 aliphatic rings. The first-order chi connectivity index (χ1) is 9.70. The zero-order valence-corrected chi connectivity index (χ0v) is 12.0. The first-order valence-corrected chi connectivity index (χ1v) is 8.26. The topological polar surface area (TPSA) is 49.4 Å².